The first-order chi connectivity index (χ1) is 13.9. The van der Waals surface area contributed by atoms with Crippen LogP contribution in [0.15, 0.2) is 38.3 Å². The predicted molar refractivity (Wildman–Crippen MR) is 114 cm³/mol. The van der Waals surface area contributed by atoms with Gasteiger partial charge in [-0.05, 0) is 37.5 Å². The monoisotopic (exact) mass is 476 g/mol. The normalized spacial score (nSPS) is 30.3. The minimum atomic E-state index is -0.426. The number of nitrogens with one attached hydrogen (secondary N) is 1. The number of amides is 1. The first-order valence-electron chi connectivity index (χ1n) is 9.62. The Morgan fingerprint density at radius 3 is 3.00 bits per heavy atom. The Morgan fingerprint density at radius 1 is 1.41 bits per heavy atom. The van der Waals surface area contributed by atoms with E-state index in [9.17, 15) is 4.79 Å². The fourth-order valence-corrected chi connectivity index (χ4v) is 6.11. The van der Waals surface area contributed by atoms with E-state index in [1.54, 1.807) is 18.7 Å². The van der Waals surface area contributed by atoms with Gasteiger partial charge in [-0.3, -0.25) is 4.79 Å². The molecular formula is C20H21BrN4O3S. The average molecular weight is 477 g/mol. The fourth-order valence-electron chi connectivity index (χ4n) is 4.72. The van der Waals surface area contributed by atoms with Crippen LogP contribution < -0.4 is 15.8 Å². The molecule has 29 heavy (non-hydrogen) atoms. The van der Waals surface area contributed by atoms with Gasteiger partial charge in [0.05, 0.1) is 0 Å². The van der Waals surface area contributed by atoms with Crippen molar-refractivity contribution < 1.29 is 13.9 Å². The summed E-state index contributed by atoms with van der Waals surface area (Å²) in [7, 11) is 0. The van der Waals surface area contributed by atoms with E-state index in [0.29, 0.717) is 16.8 Å². The lowest BCUT2D eigenvalue weighted by atomic mass is 9.67. The van der Waals surface area contributed by atoms with E-state index in [1.807, 2.05) is 12.1 Å². The van der Waals surface area contributed by atoms with Gasteiger partial charge in [-0.15, -0.1) is 0 Å². The molecular weight excluding hydrogens is 456 g/mol. The summed E-state index contributed by atoms with van der Waals surface area (Å²) in [6.45, 7) is 1.72. The van der Waals surface area contributed by atoms with Crippen molar-refractivity contribution in [2.24, 2.45) is 16.6 Å². The molecule has 7 nitrogen and oxygen atoms in total. The molecule has 1 fully saturated rings. The summed E-state index contributed by atoms with van der Waals surface area (Å²) in [4.78, 5) is 21.6. The number of hydrogen-bond acceptors (Lipinski definition) is 7. The van der Waals surface area contributed by atoms with Crippen LogP contribution in [-0.2, 0) is 5.54 Å². The number of nitrogens with two attached hydrogens (primary N) is 1. The number of thioether (sulfide) groups is 1. The van der Waals surface area contributed by atoms with Crippen LogP contribution in [0.3, 0.4) is 0 Å². The zero-order valence-corrected chi connectivity index (χ0v) is 18.3. The number of aromatic nitrogens is 1. The number of aryl methyl sites for hydroxylation is 1. The van der Waals surface area contributed by atoms with Gasteiger partial charge in [0.25, 0.3) is 5.91 Å². The molecule has 5 rings (SSSR count). The number of fused-ring (bicyclic) bond motifs is 4. The van der Waals surface area contributed by atoms with E-state index in [1.165, 1.54) is 6.26 Å². The number of nitrogens with zero attached hydrogens (tertiary/aromatic N) is 2. The molecule has 0 saturated heterocycles. The SMILES string of the molecule is Cc1nc(C(=O)N[C@H]2CC[C@@H]3Oc4ccc(Br)cc4C4(CSC(N)=N4)[C@H]3C2)co1. The van der Waals surface area contributed by atoms with Crippen molar-refractivity contribution in [3.05, 3.63) is 46.1 Å². The van der Waals surface area contributed by atoms with E-state index >= 15 is 0 Å². The van der Waals surface area contributed by atoms with Gasteiger partial charge in [0.15, 0.2) is 16.8 Å². The van der Waals surface area contributed by atoms with E-state index in [2.05, 4.69) is 32.3 Å². The number of aliphatic imine (C=N–C) groups is 1. The summed E-state index contributed by atoms with van der Waals surface area (Å²) in [5.41, 5.74) is 7.08. The lowest BCUT2D eigenvalue weighted by Crippen LogP contribution is -2.54. The first kappa shape index (κ1) is 19.0. The number of ether oxygens (including phenoxy) is 1. The molecule has 1 amide bonds. The maximum atomic E-state index is 12.6. The van der Waals surface area contributed by atoms with Gasteiger partial charge >= 0.3 is 0 Å². The Labute approximate surface area is 181 Å². The molecule has 1 aromatic heterocycles. The minimum absolute atomic E-state index is 0.0250. The molecule has 3 heterocycles. The summed E-state index contributed by atoms with van der Waals surface area (Å²) in [5, 5.41) is 3.73. The number of carbonyl (C=O) groups excluding carboxylic acids is 1. The van der Waals surface area contributed by atoms with Crippen molar-refractivity contribution in [3.63, 3.8) is 0 Å². The molecule has 2 aliphatic heterocycles. The molecule has 0 radical (unpaired) electrons. The van der Waals surface area contributed by atoms with Gasteiger partial charge in [-0.25, -0.2) is 9.98 Å². The van der Waals surface area contributed by atoms with Gasteiger partial charge in [0.1, 0.15) is 23.7 Å². The number of rotatable bonds is 2. The van der Waals surface area contributed by atoms with Gasteiger partial charge in [0, 0.05) is 34.7 Å². The number of carbonyl (C=O) groups is 1. The van der Waals surface area contributed by atoms with Gasteiger partial charge in [0.2, 0.25) is 0 Å². The number of hydrogen-bond donors (Lipinski definition) is 2. The van der Waals surface area contributed by atoms with Crippen LogP contribution >= 0.6 is 27.7 Å². The van der Waals surface area contributed by atoms with Crippen LogP contribution in [0.1, 0.15) is 41.2 Å². The van der Waals surface area contributed by atoms with Crippen molar-refractivity contribution in [1.82, 2.24) is 10.3 Å². The molecule has 2 aromatic rings. The first-order valence-corrected chi connectivity index (χ1v) is 11.4. The van der Waals surface area contributed by atoms with Gasteiger partial charge < -0.3 is 20.2 Å². The van der Waals surface area contributed by atoms with Crippen LogP contribution in [0.4, 0.5) is 0 Å². The summed E-state index contributed by atoms with van der Waals surface area (Å²) >= 11 is 5.17. The van der Waals surface area contributed by atoms with Crippen LogP contribution in [0.5, 0.6) is 5.75 Å². The third-order valence-electron chi connectivity index (χ3n) is 6.02. The highest BCUT2D eigenvalue weighted by molar-refractivity contribution is 9.10. The highest BCUT2D eigenvalue weighted by atomic mass is 79.9. The van der Waals surface area contributed by atoms with Crippen LogP contribution in [0.2, 0.25) is 0 Å². The topological polar surface area (TPSA) is 103 Å². The Kier molecular flexibility index (Phi) is 4.62. The lowest BCUT2D eigenvalue weighted by molar-refractivity contribution is 0.0155. The number of oxazole rings is 1. The number of amidine groups is 1. The van der Waals surface area contributed by atoms with Gasteiger partial charge in [-0.2, -0.15) is 0 Å². The van der Waals surface area contributed by atoms with Crippen LogP contribution in [0.25, 0.3) is 0 Å². The molecule has 9 heteroatoms. The van der Waals surface area contributed by atoms with Crippen molar-refractivity contribution in [2.75, 3.05) is 5.75 Å². The second-order valence-corrected chi connectivity index (χ2v) is 9.71. The second-order valence-electron chi connectivity index (χ2n) is 7.80. The molecule has 1 spiro atoms. The predicted octanol–water partition coefficient (Wildman–Crippen LogP) is 3.36. The standard InChI is InChI=1S/C20H21BrN4O3S/c1-10-23-15(8-27-10)18(26)24-12-3-5-17-14(7-12)20(9-29-19(22)25-20)13-6-11(21)2-4-16(13)28-17/h2,4,6,8,12,14,17H,3,5,7,9H2,1H3,(H2,22,25)(H,24,26)/t12-,14-,17-,20?/m0/s1. The van der Waals surface area contributed by atoms with E-state index in [-0.39, 0.29) is 24.0 Å². The zero-order chi connectivity index (χ0) is 20.2. The number of halogens is 1. The molecule has 3 N–H and O–H groups in total. The lowest BCUT2D eigenvalue weighted by Gasteiger charge is -2.48. The molecule has 3 aliphatic rings. The zero-order valence-electron chi connectivity index (χ0n) is 15.9. The molecule has 152 valence electrons. The van der Waals surface area contributed by atoms with Gasteiger partial charge in [-0.1, -0.05) is 27.7 Å². The third-order valence-corrected chi connectivity index (χ3v) is 7.49. The summed E-state index contributed by atoms with van der Waals surface area (Å²) in [5.74, 6) is 2.08. The Balaban J connectivity index is 1.45. The summed E-state index contributed by atoms with van der Waals surface area (Å²) in [6.07, 6.45) is 3.93. The molecule has 1 unspecified atom stereocenters. The largest absolute Gasteiger partial charge is 0.490 e. The Morgan fingerprint density at radius 2 is 2.28 bits per heavy atom. The molecule has 0 bridgehead atoms. The molecule has 4 atom stereocenters. The smallest absolute Gasteiger partial charge is 0.273 e. The second kappa shape index (κ2) is 7.05. The average Bonchev–Trinajstić information content (AvgIpc) is 3.30. The van der Waals surface area contributed by atoms with Crippen molar-refractivity contribution in [1.29, 1.82) is 0 Å². The minimum Gasteiger partial charge on any atom is -0.490 e. The van der Waals surface area contributed by atoms with Crippen LogP contribution in [0, 0.1) is 12.8 Å². The summed E-state index contributed by atoms with van der Waals surface area (Å²) < 4.78 is 12.5. The number of benzene rings is 1. The quantitative estimate of drug-likeness (QED) is 0.688. The highest BCUT2D eigenvalue weighted by Gasteiger charge is 2.54. The Hall–Kier alpha value is -2.00. The molecule has 1 saturated carbocycles. The van der Waals surface area contributed by atoms with E-state index in [4.69, 9.17) is 19.9 Å². The third kappa shape index (κ3) is 3.24. The van der Waals surface area contributed by atoms with E-state index < -0.39 is 5.54 Å². The van der Waals surface area contributed by atoms with Crippen molar-refractivity contribution in [3.8, 4) is 5.75 Å². The summed E-state index contributed by atoms with van der Waals surface area (Å²) in [6, 6.07) is 6.12. The fraction of sp³-hybridized carbons (Fsp3) is 0.450. The maximum Gasteiger partial charge on any atom is 0.273 e. The van der Waals surface area contributed by atoms with Crippen LogP contribution in [-0.4, -0.2) is 34.0 Å². The maximum absolute atomic E-state index is 12.6. The Bertz CT molecular complexity index is 1010. The van der Waals surface area contributed by atoms with Crippen molar-refractivity contribution >= 4 is 38.8 Å². The molecule has 1 aromatic carbocycles. The molecule has 1 aliphatic carbocycles. The van der Waals surface area contributed by atoms with Crippen molar-refractivity contribution in [2.45, 2.75) is 43.9 Å². The highest BCUT2D eigenvalue weighted by Crippen LogP contribution is 2.54. The van der Waals surface area contributed by atoms with E-state index in [0.717, 1.165) is 40.8 Å².